The average molecular weight is 460 g/mol. The van der Waals surface area contributed by atoms with Gasteiger partial charge < -0.3 is 15.0 Å². The van der Waals surface area contributed by atoms with Crippen molar-refractivity contribution < 1.29 is 14.3 Å². The average Bonchev–Trinajstić information content (AvgIpc) is 3.37. The third-order valence-corrected chi connectivity index (χ3v) is 7.52. The van der Waals surface area contributed by atoms with Gasteiger partial charge in [0.25, 0.3) is 5.91 Å². The van der Waals surface area contributed by atoms with Gasteiger partial charge >= 0.3 is 6.03 Å². The fourth-order valence-corrected chi connectivity index (χ4v) is 6.00. The summed E-state index contributed by atoms with van der Waals surface area (Å²) < 4.78 is 5.27. The minimum atomic E-state index is -1.07. The largest absolute Gasteiger partial charge is 0.497 e. The first-order valence-electron chi connectivity index (χ1n) is 10.9. The number of rotatable bonds is 4. The van der Waals surface area contributed by atoms with Crippen LogP contribution >= 0.6 is 11.8 Å². The monoisotopic (exact) mass is 459 g/mol. The van der Waals surface area contributed by atoms with E-state index in [9.17, 15) is 9.59 Å². The molecule has 7 heteroatoms. The van der Waals surface area contributed by atoms with Crippen LogP contribution in [-0.4, -0.2) is 36.2 Å². The number of thioether (sulfide) groups is 1. The first-order chi connectivity index (χ1) is 16.0. The number of ether oxygens (including phenoxy) is 1. The van der Waals surface area contributed by atoms with Crippen molar-refractivity contribution in [1.29, 1.82) is 0 Å². The minimum Gasteiger partial charge on any atom is -0.497 e. The van der Waals surface area contributed by atoms with Gasteiger partial charge in [-0.05, 0) is 30.7 Å². The van der Waals surface area contributed by atoms with Crippen molar-refractivity contribution in [2.75, 3.05) is 29.6 Å². The quantitative estimate of drug-likeness (QED) is 0.598. The van der Waals surface area contributed by atoms with Gasteiger partial charge in [0.1, 0.15) is 5.75 Å². The second kappa shape index (κ2) is 8.48. The summed E-state index contributed by atoms with van der Waals surface area (Å²) in [6, 6.07) is 22.9. The van der Waals surface area contributed by atoms with E-state index in [-0.39, 0.29) is 11.9 Å². The molecule has 168 valence electrons. The predicted molar refractivity (Wildman–Crippen MR) is 132 cm³/mol. The zero-order valence-electron chi connectivity index (χ0n) is 18.6. The lowest BCUT2D eigenvalue weighted by molar-refractivity contribution is -0.123. The Morgan fingerprint density at radius 1 is 1.09 bits per heavy atom. The first-order valence-corrected chi connectivity index (χ1v) is 11.8. The van der Waals surface area contributed by atoms with Crippen LogP contribution in [0.25, 0.3) is 0 Å². The van der Waals surface area contributed by atoms with E-state index in [1.807, 2.05) is 78.6 Å². The Bertz CT molecular complexity index is 1220. The van der Waals surface area contributed by atoms with E-state index >= 15 is 0 Å². The van der Waals surface area contributed by atoms with Crippen molar-refractivity contribution >= 4 is 35.1 Å². The predicted octanol–water partition coefficient (Wildman–Crippen LogP) is 4.98. The Kier molecular flexibility index (Phi) is 5.50. The Hall–Kier alpha value is -3.45. The molecule has 0 aromatic heterocycles. The summed E-state index contributed by atoms with van der Waals surface area (Å²) in [6.07, 6.45) is 0. The van der Waals surface area contributed by atoms with Gasteiger partial charge in [-0.3, -0.25) is 9.69 Å². The number of hydrogen-bond acceptors (Lipinski definition) is 4. The van der Waals surface area contributed by atoms with E-state index in [0.717, 1.165) is 22.4 Å². The summed E-state index contributed by atoms with van der Waals surface area (Å²) in [6.45, 7) is 2.96. The number of nitrogens with one attached hydrogen (secondary N) is 1. The van der Waals surface area contributed by atoms with E-state index < -0.39 is 4.87 Å². The second-order valence-electron chi connectivity index (χ2n) is 8.20. The van der Waals surface area contributed by atoms with E-state index in [4.69, 9.17) is 4.74 Å². The van der Waals surface area contributed by atoms with Gasteiger partial charge in [0, 0.05) is 29.6 Å². The molecular weight excluding hydrogens is 434 g/mol. The number of aryl methyl sites for hydroxylation is 1. The topological polar surface area (TPSA) is 61.9 Å². The molecule has 1 saturated heterocycles. The Morgan fingerprint density at radius 3 is 2.70 bits per heavy atom. The summed E-state index contributed by atoms with van der Waals surface area (Å²) in [5, 5.41) is 2.96. The molecule has 3 amide bonds. The lowest BCUT2D eigenvalue weighted by Crippen LogP contribution is -2.51. The lowest BCUT2D eigenvalue weighted by atomic mass is 10.0. The molecule has 5 rings (SSSR count). The maximum Gasteiger partial charge on any atom is 0.323 e. The molecule has 1 N–H and O–H groups in total. The Morgan fingerprint density at radius 2 is 1.91 bits per heavy atom. The summed E-state index contributed by atoms with van der Waals surface area (Å²) in [7, 11) is 1.59. The molecule has 0 unspecified atom stereocenters. The summed E-state index contributed by atoms with van der Waals surface area (Å²) in [5.41, 5.74) is 4.48. The standard InChI is InChI=1S/C26H25N3O3S/c1-18-11-12-23-22(15-18)26(24(30)28(23)17-19-7-4-3-5-8-19)29(13-14-33-26)25(31)27-20-9-6-10-21(16-20)32-2/h3-12,15-16H,13-14,17H2,1-2H3,(H,27,31)/t26-/m1/s1. The number of carbonyl (C=O) groups is 2. The van der Waals surface area contributed by atoms with Crippen LogP contribution in [0.3, 0.4) is 0 Å². The summed E-state index contributed by atoms with van der Waals surface area (Å²) >= 11 is 1.53. The molecule has 2 heterocycles. The SMILES string of the molecule is COc1cccc(NC(=O)N2CCS[C@]23C(=O)N(Cc2ccccc2)c2ccc(C)cc23)c1. The van der Waals surface area contributed by atoms with Crippen LogP contribution in [0.4, 0.5) is 16.2 Å². The molecule has 6 nitrogen and oxygen atoms in total. The van der Waals surface area contributed by atoms with Crippen molar-refractivity contribution in [3.63, 3.8) is 0 Å². The van der Waals surface area contributed by atoms with Gasteiger partial charge in [-0.25, -0.2) is 4.79 Å². The number of urea groups is 1. The fraction of sp³-hybridized carbons (Fsp3) is 0.231. The van der Waals surface area contributed by atoms with Crippen LogP contribution in [0.5, 0.6) is 5.75 Å². The molecule has 3 aromatic rings. The summed E-state index contributed by atoms with van der Waals surface area (Å²) in [5.74, 6) is 1.27. The molecule has 0 bridgehead atoms. The molecule has 33 heavy (non-hydrogen) atoms. The van der Waals surface area contributed by atoms with Crippen LogP contribution in [0.2, 0.25) is 0 Å². The van der Waals surface area contributed by atoms with E-state index in [0.29, 0.717) is 30.3 Å². The third kappa shape index (κ3) is 3.62. The van der Waals surface area contributed by atoms with E-state index in [1.54, 1.807) is 18.1 Å². The lowest BCUT2D eigenvalue weighted by Gasteiger charge is -2.33. The van der Waals surface area contributed by atoms with Crippen molar-refractivity contribution in [2.45, 2.75) is 18.3 Å². The number of methoxy groups -OCH3 is 1. The number of amides is 3. The number of hydrogen-bond donors (Lipinski definition) is 1. The molecule has 0 saturated carbocycles. The highest BCUT2D eigenvalue weighted by Gasteiger charge is 2.59. The van der Waals surface area contributed by atoms with Crippen LogP contribution in [0.1, 0.15) is 16.7 Å². The zero-order valence-corrected chi connectivity index (χ0v) is 19.4. The second-order valence-corrected chi connectivity index (χ2v) is 9.49. The van der Waals surface area contributed by atoms with Gasteiger partial charge in [-0.2, -0.15) is 0 Å². The zero-order chi connectivity index (χ0) is 23.0. The molecule has 3 aromatic carbocycles. The molecule has 1 spiro atoms. The van der Waals surface area contributed by atoms with Gasteiger partial charge in [-0.15, -0.1) is 11.8 Å². The molecule has 2 aliphatic heterocycles. The first kappa shape index (κ1) is 21.4. The third-order valence-electron chi connectivity index (χ3n) is 6.10. The normalized spacial score (nSPS) is 19.2. The van der Waals surface area contributed by atoms with Crippen molar-refractivity contribution in [3.05, 3.63) is 89.5 Å². The number of benzene rings is 3. The number of nitrogens with zero attached hydrogens (tertiary/aromatic N) is 2. The highest BCUT2D eigenvalue weighted by molar-refractivity contribution is 8.01. The van der Waals surface area contributed by atoms with Gasteiger partial charge in [0.05, 0.1) is 19.3 Å². The van der Waals surface area contributed by atoms with Crippen LogP contribution < -0.4 is 15.0 Å². The number of fused-ring (bicyclic) bond motifs is 2. The molecule has 1 atom stereocenters. The molecular formula is C26H25N3O3S. The molecule has 0 aliphatic carbocycles. The van der Waals surface area contributed by atoms with Crippen LogP contribution in [0, 0.1) is 6.92 Å². The number of anilines is 2. The minimum absolute atomic E-state index is 0.0738. The maximum atomic E-state index is 14.0. The van der Waals surface area contributed by atoms with Crippen LogP contribution in [-0.2, 0) is 16.2 Å². The Labute approximate surface area is 197 Å². The van der Waals surface area contributed by atoms with Crippen LogP contribution in [0.15, 0.2) is 72.8 Å². The van der Waals surface area contributed by atoms with Crippen molar-refractivity contribution in [3.8, 4) is 5.75 Å². The van der Waals surface area contributed by atoms with E-state index in [2.05, 4.69) is 5.32 Å². The smallest absolute Gasteiger partial charge is 0.323 e. The maximum absolute atomic E-state index is 14.0. The highest BCUT2D eigenvalue weighted by Crippen LogP contribution is 2.54. The van der Waals surface area contributed by atoms with Crippen molar-refractivity contribution in [1.82, 2.24) is 4.90 Å². The molecule has 1 fully saturated rings. The van der Waals surface area contributed by atoms with Gasteiger partial charge in [-0.1, -0.05) is 54.1 Å². The van der Waals surface area contributed by atoms with Gasteiger partial charge in [0.2, 0.25) is 0 Å². The van der Waals surface area contributed by atoms with Gasteiger partial charge in [0.15, 0.2) is 4.87 Å². The van der Waals surface area contributed by atoms with Crippen molar-refractivity contribution in [2.24, 2.45) is 0 Å². The van der Waals surface area contributed by atoms with E-state index in [1.165, 1.54) is 11.8 Å². The number of carbonyl (C=O) groups excluding carboxylic acids is 2. The molecule has 2 aliphatic rings. The highest BCUT2D eigenvalue weighted by atomic mass is 32.2. The Balaban J connectivity index is 1.52. The molecule has 0 radical (unpaired) electrons. The summed E-state index contributed by atoms with van der Waals surface area (Å²) in [4.78, 5) is 29.9. The fourth-order valence-electron chi connectivity index (χ4n) is 4.54.